The molecule has 1 aromatic heterocycles. The number of nitro groups is 1. The van der Waals surface area contributed by atoms with E-state index in [1.807, 2.05) is 13.8 Å². The Labute approximate surface area is 123 Å². The molecule has 1 aromatic carbocycles. The third-order valence-electron chi connectivity index (χ3n) is 2.98. The number of rotatable bonds is 4. The highest BCUT2D eigenvalue weighted by atomic mass is 32.1. The summed E-state index contributed by atoms with van der Waals surface area (Å²) in [6, 6.07) is 1.19. The summed E-state index contributed by atoms with van der Waals surface area (Å²) in [6.07, 6.45) is 0. The summed E-state index contributed by atoms with van der Waals surface area (Å²) < 4.78 is 27.2. The van der Waals surface area contributed by atoms with Crippen molar-refractivity contribution in [3.05, 3.63) is 49.5 Å². The number of nitrogens with zero attached hydrogens (tertiary/aromatic N) is 2. The predicted molar refractivity (Wildman–Crippen MR) is 76.6 cm³/mol. The minimum absolute atomic E-state index is 0.461. The highest BCUT2D eigenvalue weighted by Gasteiger charge is 2.24. The van der Waals surface area contributed by atoms with E-state index in [9.17, 15) is 18.9 Å². The maximum absolute atomic E-state index is 13.8. The van der Waals surface area contributed by atoms with E-state index in [4.69, 9.17) is 0 Å². The van der Waals surface area contributed by atoms with Crippen LogP contribution < -0.4 is 5.32 Å². The Morgan fingerprint density at radius 3 is 2.57 bits per heavy atom. The molecule has 0 bridgehead atoms. The quantitative estimate of drug-likeness (QED) is 0.681. The summed E-state index contributed by atoms with van der Waals surface area (Å²) in [7, 11) is 0. The monoisotopic (exact) mass is 313 g/mol. The van der Waals surface area contributed by atoms with Gasteiger partial charge in [-0.05, 0) is 26.8 Å². The van der Waals surface area contributed by atoms with Gasteiger partial charge in [0, 0.05) is 10.9 Å². The second kappa shape index (κ2) is 5.72. The molecular formula is C13H13F2N3O2S. The van der Waals surface area contributed by atoms with E-state index in [1.165, 1.54) is 11.3 Å². The van der Waals surface area contributed by atoms with Gasteiger partial charge in [-0.25, -0.2) is 13.8 Å². The molecule has 8 heteroatoms. The van der Waals surface area contributed by atoms with Crippen LogP contribution >= 0.6 is 11.3 Å². The van der Waals surface area contributed by atoms with Gasteiger partial charge >= 0.3 is 0 Å². The topological polar surface area (TPSA) is 68.1 Å². The van der Waals surface area contributed by atoms with E-state index in [-0.39, 0.29) is 0 Å². The number of aryl methyl sites for hydroxylation is 2. The number of halogens is 2. The Hall–Kier alpha value is -2.09. The number of hydrogen-bond acceptors (Lipinski definition) is 5. The molecule has 0 amide bonds. The maximum Gasteiger partial charge on any atom is 0.295 e. The summed E-state index contributed by atoms with van der Waals surface area (Å²) in [5.41, 5.74) is -0.307. The second-order valence-electron chi connectivity index (χ2n) is 4.55. The van der Waals surface area contributed by atoms with Gasteiger partial charge in [-0.15, -0.1) is 11.3 Å². The van der Waals surface area contributed by atoms with Crippen LogP contribution in [0.5, 0.6) is 0 Å². The molecule has 1 heterocycles. The van der Waals surface area contributed by atoms with Crippen molar-refractivity contribution < 1.29 is 13.7 Å². The molecule has 0 aliphatic carbocycles. The predicted octanol–water partition coefficient (Wildman–Crippen LogP) is 4.12. The molecular weight excluding hydrogens is 300 g/mol. The van der Waals surface area contributed by atoms with Crippen LogP contribution in [-0.4, -0.2) is 9.91 Å². The van der Waals surface area contributed by atoms with Gasteiger partial charge in [0.15, 0.2) is 17.3 Å². The lowest BCUT2D eigenvalue weighted by atomic mass is 10.1. The molecule has 1 atom stereocenters. The number of nitro benzene ring substituents is 1. The zero-order chi connectivity index (χ0) is 15.7. The Balaban J connectivity index is 2.41. The average molecular weight is 313 g/mol. The first-order valence-electron chi connectivity index (χ1n) is 6.14. The standard InChI is InChI=1S/C13H13F2N3O2S/c1-6(12-7(2)21-8(3)17-12)16-13-10(18(19)20)5-4-9(14)11(13)15/h4-6,16H,1-3H3. The Morgan fingerprint density at radius 2 is 2.05 bits per heavy atom. The van der Waals surface area contributed by atoms with Crippen LogP contribution in [0.4, 0.5) is 20.2 Å². The van der Waals surface area contributed by atoms with Gasteiger partial charge in [0.1, 0.15) is 0 Å². The van der Waals surface area contributed by atoms with Crippen molar-refractivity contribution in [3.63, 3.8) is 0 Å². The number of aromatic nitrogens is 1. The summed E-state index contributed by atoms with van der Waals surface area (Å²) in [5, 5.41) is 14.4. The molecule has 0 aliphatic heterocycles. The fourth-order valence-electron chi connectivity index (χ4n) is 2.06. The molecule has 5 nitrogen and oxygen atoms in total. The van der Waals surface area contributed by atoms with E-state index in [0.717, 1.165) is 22.0 Å². The van der Waals surface area contributed by atoms with Gasteiger partial charge in [0.2, 0.25) is 0 Å². The van der Waals surface area contributed by atoms with Gasteiger partial charge in [0.05, 0.1) is 21.7 Å². The first-order valence-corrected chi connectivity index (χ1v) is 6.95. The van der Waals surface area contributed by atoms with Crippen molar-refractivity contribution in [1.82, 2.24) is 4.98 Å². The Morgan fingerprint density at radius 1 is 1.38 bits per heavy atom. The lowest BCUT2D eigenvalue weighted by Gasteiger charge is -2.15. The molecule has 0 saturated carbocycles. The lowest BCUT2D eigenvalue weighted by Crippen LogP contribution is -2.12. The van der Waals surface area contributed by atoms with Crippen LogP contribution in [0.15, 0.2) is 12.1 Å². The van der Waals surface area contributed by atoms with Crippen LogP contribution in [0.2, 0.25) is 0 Å². The molecule has 1 N–H and O–H groups in total. The number of anilines is 1. The van der Waals surface area contributed by atoms with Gasteiger partial charge in [0.25, 0.3) is 5.69 Å². The molecule has 1 unspecified atom stereocenters. The smallest absolute Gasteiger partial charge is 0.295 e. The van der Waals surface area contributed by atoms with Crippen LogP contribution in [-0.2, 0) is 0 Å². The summed E-state index contributed by atoms with van der Waals surface area (Å²) in [6.45, 7) is 5.38. The minimum atomic E-state index is -1.26. The van der Waals surface area contributed by atoms with Gasteiger partial charge in [-0.3, -0.25) is 10.1 Å². The van der Waals surface area contributed by atoms with Gasteiger partial charge < -0.3 is 5.32 Å². The summed E-state index contributed by atoms with van der Waals surface area (Å²) >= 11 is 1.47. The minimum Gasteiger partial charge on any atom is -0.369 e. The van der Waals surface area contributed by atoms with Crippen molar-refractivity contribution in [2.24, 2.45) is 0 Å². The molecule has 0 radical (unpaired) electrons. The molecule has 2 aromatic rings. The van der Waals surface area contributed by atoms with Crippen LogP contribution in [0.1, 0.15) is 28.5 Å². The van der Waals surface area contributed by atoms with E-state index in [0.29, 0.717) is 5.69 Å². The van der Waals surface area contributed by atoms with Crippen molar-refractivity contribution in [2.45, 2.75) is 26.8 Å². The van der Waals surface area contributed by atoms with E-state index in [1.54, 1.807) is 6.92 Å². The maximum atomic E-state index is 13.8. The Bertz CT molecular complexity index is 703. The normalized spacial score (nSPS) is 12.2. The molecule has 0 aliphatic rings. The third-order valence-corrected chi connectivity index (χ3v) is 3.88. The lowest BCUT2D eigenvalue weighted by molar-refractivity contribution is -0.384. The number of nitrogens with one attached hydrogen (secondary N) is 1. The molecule has 112 valence electrons. The molecule has 0 fully saturated rings. The third kappa shape index (κ3) is 2.99. The first kappa shape index (κ1) is 15.3. The highest BCUT2D eigenvalue weighted by Crippen LogP contribution is 2.33. The fourth-order valence-corrected chi connectivity index (χ4v) is 2.98. The van der Waals surface area contributed by atoms with E-state index in [2.05, 4.69) is 10.3 Å². The average Bonchev–Trinajstić information content (AvgIpc) is 2.74. The van der Waals surface area contributed by atoms with Crippen molar-refractivity contribution >= 4 is 22.7 Å². The zero-order valence-corrected chi connectivity index (χ0v) is 12.4. The van der Waals surface area contributed by atoms with Gasteiger partial charge in [-0.1, -0.05) is 0 Å². The number of thiazole rings is 1. The number of hydrogen-bond donors (Lipinski definition) is 1. The molecule has 0 saturated heterocycles. The Kier molecular flexibility index (Phi) is 4.17. The first-order chi connectivity index (χ1) is 9.81. The molecule has 0 spiro atoms. The van der Waals surface area contributed by atoms with Crippen LogP contribution in [0.3, 0.4) is 0 Å². The van der Waals surface area contributed by atoms with Crippen molar-refractivity contribution in [2.75, 3.05) is 5.32 Å². The van der Waals surface area contributed by atoms with E-state index >= 15 is 0 Å². The largest absolute Gasteiger partial charge is 0.369 e. The zero-order valence-electron chi connectivity index (χ0n) is 11.6. The molecule has 21 heavy (non-hydrogen) atoms. The highest BCUT2D eigenvalue weighted by molar-refractivity contribution is 7.11. The summed E-state index contributed by atoms with van der Waals surface area (Å²) in [5.74, 6) is -2.40. The van der Waals surface area contributed by atoms with E-state index < -0.39 is 34.0 Å². The summed E-state index contributed by atoms with van der Waals surface area (Å²) in [4.78, 5) is 15.4. The fraction of sp³-hybridized carbons (Fsp3) is 0.308. The van der Waals surface area contributed by atoms with Crippen molar-refractivity contribution in [1.29, 1.82) is 0 Å². The molecule has 2 rings (SSSR count). The van der Waals surface area contributed by atoms with Crippen LogP contribution in [0, 0.1) is 35.6 Å². The van der Waals surface area contributed by atoms with Gasteiger partial charge in [-0.2, -0.15) is 0 Å². The second-order valence-corrected chi connectivity index (χ2v) is 5.96. The number of benzene rings is 1. The van der Waals surface area contributed by atoms with Crippen LogP contribution in [0.25, 0.3) is 0 Å². The van der Waals surface area contributed by atoms with Crippen molar-refractivity contribution in [3.8, 4) is 0 Å². The SMILES string of the molecule is Cc1nc(C(C)Nc2c([N+](=O)[O-])ccc(F)c2F)c(C)s1.